The molecular weight excluding hydrogens is 407 g/mol. The van der Waals surface area contributed by atoms with Crippen LogP contribution in [-0.2, 0) is 0 Å². The second-order valence-electron chi connectivity index (χ2n) is 8.13. The van der Waals surface area contributed by atoms with E-state index in [-0.39, 0.29) is 5.82 Å². The van der Waals surface area contributed by atoms with Crippen molar-refractivity contribution in [3.05, 3.63) is 54.7 Å². The molecule has 5 aromatic rings. The molecule has 9 heteroatoms. The summed E-state index contributed by atoms with van der Waals surface area (Å²) in [5, 5.41) is 8.22. The molecule has 1 aliphatic heterocycles. The van der Waals surface area contributed by atoms with Gasteiger partial charge in [-0.3, -0.25) is 10.1 Å². The molecule has 4 aromatic heterocycles. The van der Waals surface area contributed by atoms with Gasteiger partial charge in [0.05, 0.1) is 22.8 Å². The van der Waals surface area contributed by atoms with Crippen LogP contribution in [0.4, 0.5) is 10.1 Å². The molecular formula is C23H21FN8. The minimum atomic E-state index is -0.385. The maximum Gasteiger partial charge on any atom is 0.181 e. The largest absolute Gasteiger partial charge is 0.367 e. The molecule has 2 N–H and O–H groups in total. The first-order valence-electron chi connectivity index (χ1n) is 10.5. The molecule has 160 valence electrons. The van der Waals surface area contributed by atoms with E-state index in [9.17, 15) is 4.39 Å². The smallest absolute Gasteiger partial charge is 0.181 e. The SMILES string of the molecule is CN1CCN(c2cccc3[nH]c(-c4[nH]nc5ncc(-c6cncc(F)c6)cc45)nc23)CC1. The quantitative estimate of drug-likeness (QED) is 0.458. The van der Waals surface area contributed by atoms with Crippen LogP contribution in [0.15, 0.2) is 48.9 Å². The second kappa shape index (κ2) is 7.38. The Labute approximate surface area is 183 Å². The van der Waals surface area contributed by atoms with E-state index in [0.29, 0.717) is 17.0 Å². The lowest BCUT2D eigenvalue weighted by Gasteiger charge is -2.34. The minimum Gasteiger partial charge on any atom is -0.367 e. The molecule has 0 radical (unpaired) electrons. The predicted octanol–water partition coefficient (Wildman–Crippen LogP) is 3.45. The Morgan fingerprint density at radius 1 is 1.00 bits per heavy atom. The molecule has 1 aliphatic rings. The molecule has 8 nitrogen and oxygen atoms in total. The molecule has 1 aromatic carbocycles. The van der Waals surface area contributed by atoms with Crippen molar-refractivity contribution >= 4 is 27.8 Å². The average molecular weight is 428 g/mol. The molecule has 1 fully saturated rings. The van der Waals surface area contributed by atoms with E-state index in [4.69, 9.17) is 4.98 Å². The fraction of sp³-hybridized carbons (Fsp3) is 0.217. The molecule has 32 heavy (non-hydrogen) atoms. The number of nitrogens with zero attached hydrogens (tertiary/aromatic N) is 6. The Balaban J connectivity index is 1.44. The summed E-state index contributed by atoms with van der Waals surface area (Å²) in [7, 11) is 2.15. The summed E-state index contributed by atoms with van der Waals surface area (Å²) in [4.78, 5) is 21.5. The highest BCUT2D eigenvalue weighted by Crippen LogP contribution is 2.32. The lowest BCUT2D eigenvalue weighted by Crippen LogP contribution is -2.44. The molecule has 5 heterocycles. The fourth-order valence-electron chi connectivity index (χ4n) is 4.25. The molecule has 0 bridgehead atoms. The van der Waals surface area contributed by atoms with Crippen molar-refractivity contribution in [2.24, 2.45) is 0 Å². The number of rotatable bonds is 3. The first-order valence-corrected chi connectivity index (χ1v) is 10.5. The van der Waals surface area contributed by atoms with E-state index < -0.39 is 0 Å². The third-order valence-corrected chi connectivity index (χ3v) is 6.02. The van der Waals surface area contributed by atoms with Crippen molar-refractivity contribution in [2.75, 3.05) is 38.1 Å². The Morgan fingerprint density at radius 2 is 1.84 bits per heavy atom. The van der Waals surface area contributed by atoms with Gasteiger partial charge in [0.1, 0.15) is 17.0 Å². The van der Waals surface area contributed by atoms with Gasteiger partial charge in [-0.15, -0.1) is 0 Å². The maximum absolute atomic E-state index is 13.7. The summed E-state index contributed by atoms with van der Waals surface area (Å²) in [6.07, 6.45) is 4.48. The summed E-state index contributed by atoms with van der Waals surface area (Å²) in [6, 6.07) is 9.59. The van der Waals surface area contributed by atoms with Gasteiger partial charge < -0.3 is 14.8 Å². The van der Waals surface area contributed by atoms with Crippen LogP contribution in [0.5, 0.6) is 0 Å². The standard InChI is InChI=1S/C23H21FN8/c1-31-5-7-32(8-6-31)19-4-2-3-18-21(19)28-23(27-18)20-17-10-15(12-26-22(17)30-29-20)14-9-16(24)13-25-11-14/h2-4,9-13H,5-8H2,1H3,(H,27,28)(H,26,29,30). The van der Waals surface area contributed by atoms with Gasteiger partial charge in [0.15, 0.2) is 11.5 Å². The number of likely N-dealkylation sites (N-methyl/N-ethyl adjacent to an activating group) is 1. The first kappa shape index (κ1) is 18.9. The number of nitrogens with one attached hydrogen (secondary N) is 2. The van der Waals surface area contributed by atoms with E-state index in [2.05, 4.69) is 54.1 Å². The van der Waals surface area contributed by atoms with Gasteiger partial charge in [0.25, 0.3) is 0 Å². The topological polar surface area (TPSA) is 89.6 Å². The van der Waals surface area contributed by atoms with Gasteiger partial charge in [-0.05, 0) is 31.3 Å². The Morgan fingerprint density at radius 3 is 2.69 bits per heavy atom. The Hall–Kier alpha value is -3.85. The number of para-hydroxylation sites is 1. The van der Waals surface area contributed by atoms with Crippen LogP contribution in [-0.4, -0.2) is 68.3 Å². The van der Waals surface area contributed by atoms with Crippen molar-refractivity contribution in [1.82, 2.24) is 35.0 Å². The van der Waals surface area contributed by atoms with Gasteiger partial charge in [0, 0.05) is 49.7 Å². The number of imidazole rings is 1. The second-order valence-corrected chi connectivity index (χ2v) is 8.13. The highest BCUT2D eigenvalue weighted by Gasteiger charge is 2.20. The third-order valence-electron chi connectivity index (χ3n) is 6.02. The number of piperazine rings is 1. The maximum atomic E-state index is 13.7. The van der Waals surface area contributed by atoms with Crippen LogP contribution in [0.2, 0.25) is 0 Å². The molecule has 1 saturated heterocycles. The van der Waals surface area contributed by atoms with Gasteiger partial charge in [-0.1, -0.05) is 6.07 Å². The van der Waals surface area contributed by atoms with Gasteiger partial charge in [-0.2, -0.15) is 5.10 Å². The number of pyridine rings is 2. The molecule has 0 saturated carbocycles. The Kier molecular flexibility index (Phi) is 4.36. The number of fused-ring (bicyclic) bond motifs is 2. The molecule has 0 aliphatic carbocycles. The molecule has 0 atom stereocenters. The van der Waals surface area contributed by atoms with Crippen LogP contribution >= 0.6 is 0 Å². The van der Waals surface area contributed by atoms with E-state index in [1.165, 1.54) is 12.3 Å². The summed E-state index contributed by atoms with van der Waals surface area (Å²) in [5.74, 6) is 0.309. The van der Waals surface area contributed by atoms with Gasteiger partial charge in [0.2, 0.25) is 0 Å². The van der Waals surface area contributed by atoms with E-state index in [1.54, 1.807) is 12.4 Å². The van der Waals surface area contributed by atoms with Crippen LogP contribution in [0.1, 0.15) is 0 Å². The van der Waals surface area contributed by atoms with Crippen LogP contribution in [0.3, 0.4) is 0 Å². The Bertz CT molecular complexity index is 1430. The minimum absolute atomic E-state index is 0.385. The van der Waals surface area contributed by atoms with Crippen molar-refractivity contribution in [2.45, 2.75) is 0 Å². The summed E-state index contributed by atoms with van der Waals surface area (Å²) in [6.45, 7) is 4.00. The highest BCUT2D eigenvalue weighted by molar-refractivity contribution is 5.96. The van der Waals surface area contributed by atoms with Crippen LogP contribution in [0, 0.1) is 5.82 Å². The average Bonchev–Trinajstić information content (AvgIpc) is 3.43. The monoisotopic (exact) mass is 428 g/mol. The highest BCUT2D eigenvalue weighted by atomic mass is 19.1. The molecule has 6 rings (SSSR count). The predicted molar refractivity (Wildman–Crippen MR) is 122 cm³/mol. The van der Waals surface area contributed by atoms with Crippen LogP contribution < -0.4 is 4.90 Å². The van der Waals surface area contributed by atoms with E-state index in [1.807, 2.05) is 12.1 Å². The number of anilines is 1. The molecule has 0 amide bonds. The fourth-order valence-corrected chi connectivity index (χ4v) is 4.25. The van der Waals surface area contributed by atoms with Crippen molar-refractivity contribution in [3.63, 3.8) is 0 Å². The lowest BCUT2D eigenvalue weighted by atomic mass is 10.1. The summed E-state index contributed by atoms with van der Waals surface area (Å²) in [5.41, 5.74) is 5.79. The van der Waals surface area contributed by atoms with Gasteiger partial charge in [-0.25, -0.2) is 14.4 Å². The number of aromatic amines is 2. The zero-order valence-electron chi connectivity index (χ0n) is 17.5. The zero-order valence-corrected chi connectivity index (χ0v) is 17.5. The van der Waals surface area contributed by atoms with Crippen LogP contribution in [0.25, 0.3) is 44.7 Å². The van der Waals surface area contributed by atoms with Crippen molar-refractivity contribution in [3.8, 4) is 22.6 Å². The lowest BCUT2D eigenvalue weighted by molar-refractivity contribution is 0.313. The molecule has 0 unspecified atom stereocenters. The first-order chi connectivity index (χ1) is 15.7. The summed E-state index contributed by atoms with van der Waals surface area (Å²) < 4.78 is 13.7. The number of halogens is 1. The number of benzene rings is 1. The number of hydrogen-bond donors (Lipinski definition) is 2. The van der Waals surface area contributed by atoms with E-state index >= 15 is 0 Å². The van der Waals surface area contributed by atoms with Gasteiger partial charge >= 0.3 is 0 Å². The number of hydrogen-bond acceptors (Lipinski definition) is 6. The van der Waals surface area contributed by atoms with E-state index in [0.717, 1.165) is 59.5 Å². The van der Waals surface area contributed by atoms with Crippen molar-refractivity contribution in [1.29, 1.82) is 0 Å². The van der Waals surface area contributed by atoms with Crippen molar-refractivity contribution < 1.29 is 4.39 Å². The zero-order chi connectivity index (χ0) is 21.7. The third kappa shape index (κ3) is 3.18. The number of H-pyrrole nitrogens is 2. The number of aromatic nitrogens is 6. The molecule has 0 spiro atoms. The normalized spacial score (nSPS) is 15.1. The summed E-state index contributed by atoms with van der Waals surface area (Å²) >= 11 is 0.